The molecule has 28 heavy (non-hydrogen) atoms. The van der Waals surface area contributed by atoms with Crippen LogP contribution in [0.4, 0.5) is 4.39 Å². The molecule has 0 spiro atoms. The van der Waals surface area contributed by atoms with E-state index in [-0.39, 0.29) is 23.9 Å². The Morgan fingerprint density at radius 1 is 1.04 bits per heavy atom. The molecular weight excluding hydrogens is 363 g/mol. The number of carbonyl (C=O) groups is 2. The summed E-state index contributed by atoms with van der Waals surface area (Å²) in [6.07, 6.45) is 5.78. The van der Waals surface area contributed by atoms with Crippen molar-refractivity contribution in [2.75, 3.05) is 26.2 Å². The molecule has 0 radical (unpaired) electrons. The highest BCUT2D eigenvalue weighted by molar-refractivity contribution is 5.91. The van der Waals surface area contributed by atoms with Crippen LogP contribution in [0.25, 0.3) is 0 Å². The van der Waals surface area contributed by atoms with Crippen LogP contribution in [0.15, 0.2) is 0 Å². The summed E-state index contributed by atoms with van der Waals surface area (Å²) in [6.45, 7) is 3.09. The van der Waals surface area contributed by atoms with Crippen molar-refractivity contribution in [1.82, 2.24) is 29.9 Å². The number of amides is 2. The van der Waals surface area contributed by atoms with Crippen LogP contribution in [0.3, 0.4) is 0 Å². The van der Waals surface area contributed by atoms with Gasteiger partial charge in [-0.05, 0) is 32.1 Å². The first-order valence-corrected chi connectivity index (χ1v) is 10.5. The first-order chi connectivity index (χ1) is 13.5. The molecule has 8 nitrogen and oxygen atoms in total. The van der Waals surface area contributed by atoms with Crippen LogP contribution in [0.1, 0.15) is 67.4 Å². The van der Waals surface area contributed by atoms with E-state index in [1.165, 1.54) is 0 Å². The number of halogens is 1. The number of nitrogens with zero attached hydrogens (tertiary/aromatic N) is 5. The number of alkyl halides is 1. The molecule has 1 saturated heterocycles. The summed E-state index contributed by atoms with van der Waals surface area (Å²) in [6, 6.07) is 0.0993. The van der Waals surface area contributed by atoms with Crippen LogP contribution in [-0.4, -0.2) is 74.3 Å². The summed E-state index contributed by atoms with van der Waals surface area (Å²) >= 11 is 0. The molecule has 1 N–H and O–H groups in total. The standard InChI is InChI=1S/C19H27FN6O2/c20-19(6-3-7-19)18(28)25-9-8-24-10-11-26-15(14(24)12-25)22-23-16(26)17(27)21-13-4-1-2-5-13/h13-14H,1-12H2,(H,21,27)/t14-/m0/s1. The van der Waals surface area contributed by atoms with E-state index in [9.17, 15) is 14.0 Å². The molecule has 152 valence electrons. The van der Waals surface area contributed by atoms with Gasteiger partial charge < -0.3 is 14.8 Å². The van der Waals surface area contributed by atoms with E-state index in [1.807, 2.05) is 4.57 Å². The van der Waals surface area contributed by atoms with Crippen LogP contribution < -0.4 is 5.32 Å². The van der Waals surface area contributed by atoms with Gasteiger partial charge in [0.1, 0.15) is 0 Å². The van der Waals surface area contributed by atoms with Gasteiger partial charge in [-0.25, -0.2) is 4.39 Å². The van der Waals surface area contributed by atoms with Crippen LogP contribution >= 0.6 is 0 Å². The van der Waals surface area contributed by atoms with Gasteiger partial charge in [0.15, 0.2) is 11.5 Å². The SMILES string of the molecule is O=C(NC1CCCC1)c1nnc2n1CCN1CCN(C(=O)C3(F)CCC3)C[C@@H]21. The predicted molar refractivity (Wildman–Crippen MR) is 98.3 cm³/mol. The molecule has 0 bridgehead atoms. The molecular formula is C19H27FN6O2. The van der Waals surface area contributed by atoms with Crippen molar-refractivity contribution in [1.29, 1.82) is 0 Å². The molecule has 4 aliphatic rings. The van der Waals surface area contributed by atoms with E-state index >= 15 is 0 Å². The number of aromatic nitrogens is 3. The van der Waals surface area contributed by atoms with E-state index in [4.69, 9.17) is 0 Å². The Bertz CT molecular complexity index is 785. The van der Waals surface area contributed by atoms with Gasteiger partial charge in [0.25, 0.3) is 11.8 Å². The number of hydrogen-bond donors (Lipinski definition) is 1. The lowest BCUT2D eigenvalue weighted by atomic mass is 9.80. The quantitative estimate of drug-likeness (QED) is 0.834. The van der Waals surface area contributed by atoms with E-state index in [0.717, 1.165) is 38.6 Å². The maximum Gasteiger partial charge on any atom is 0.289 e. The van der Waals surface area contributed by atoms with Crippen LogP contribution in [-0.2, 0) is 11.3 Å². The fourth-order valence-corrected chi connectivity index (χ4v) is 5.00. The highest BCUT2D eigenvalue weighted by Crippen LogP contribution is 2.39. The van der Waals surface area contributed by atoms with Crippen molar-refractivity contribution >= 4 is 11.8 Å². The van der Waals surface area contributed by atoms with Gasteiger partial charge in [-0.3, -0.25) is 14.5 Å². The van der Waals surface area contributed by atoms with Crippen LogP contribution in [0, 0.1) is 0 Å². The highest BCUT2D eigenvalue weighted by Gasteiger charge is 2.49. The molecule has 0 aromatic carbocycles. The molecule has 1 aromatic heterocycles. The topological polar surface area (TPSA) is 83.4 Å². The van der Waals surface area contributed by atoms with Gasteiger partial charge in [-0.15, -0.1) is 10.2 Å². The smallest absolute Gasteiger partial charge is 0.289 e. The number of rotatable bonds is 3. The number of hydrogen-bond acceptors (Lipinski definition) is 5. The van der Waals surface area contributed by atoms with Gasteiger partial charge in [0.05, 0.1) is 6.04 Å². The normalized spacial score (nSPS) is 27.0. The first-order valence-electron chi connectivity index (χ1n) is 10.5. The Kier molecular flexibility index (Phi) is 4.37. The second kappa shape index (κ2) is 6.79. The molecule has 0 unspecified atom stereocenters. The Balaban J connectivity index is 1.33. The third-order valence-electron chi connectivity index (χ3n) is 6.89. The lowest BCUT2D eigenvalue weighted by molar-refractivity contribution is -0.153. The third kappa shape index (κ3) is 2.91. The summed E-state index contributed by atoms with van der Waals surface area (Å²) in [4.78, 5) is 29.2. The average Bonchev–Trinajstić information content (AvgIpc) is 3.34. The molecule has 3 fully saturated rings. The van der Waals surface area contributed by atoms with Gasteiger partial charge in [-0.1, -0.05) is 12.8 Å². The van der Waals surface area contributed by atoms with Gasteiger partial charge in [0, 0.05) is 38.8 Å². The Morgan fingerprint density at radius 3 is 2.50 bits per heavy atom. The third-order valence-corrected chi connectivity index (χ3v) is 6.89. The molecule has 3 heterocycles. The number of carbonyl (C=O) groups excluding carboxylic acids is 2. The fourth-order valence-electron chi connectivity index (χ4n) is 5.00. The van der Waals surface area contributed by atoms with Crippen molar-refractivity contribution in [3.05, 3.63) is 11.6 Å². The zero-order valence-corrected chi connectivity index (χ0v) is 16.1. The van der Waals surface area contributed by atoms with Crippen molar-refractivity contribution < 1.29 is 14.0 Å². The zero-order valence-electron chi connectivity index (χ0n) is 16.1. The minimum absolute atomic E-state index is 0.129. The predicted octanol–water partition coefficient (Wildman–Crippen LogP) is 1.04. The maximum atomic E-state index is 14.6. The fraction of sp³-hybridized carbons (Fsp3) is 0.789. The summed E-state index contributed by atoms with van der Waals surface area (Å²) in [7, 11) is 0. The monoisotopic (exact) mass is 390 g/mol. The van der Waals surface area contributed by atoms with E-state index in [0.29, 0.717) is 50.7 Å². The minimum Gasteiger partial charge on any atom is -0.347 e. The lowest BCUT2D eigenvalue weighted by Crippen LogP contribution is -2.58. The molecule has 1 atom stereocenters. The van der Waals surface area contributed by atoms with Crippen LogP contribution in [0.5, 0.6) is 0 Å². The summed E-state index contributed by atoms with van der Waals surface area (Å²) < 4.78 is 16.5. The maximum absolute atomic E-state index is 14.6. The van der Waals surface area contributed by atoms with E-state index in [2.05, 4.69) is 20.4 Å². The summed E-state index contributed by atoms with van der Waals surface area (Å²) in [5.41, 5.74) is -1.67. The number of fused-ring (bicyclic) bond motifs is 3. The van der Waals surface area contributed by atoms with Gasteiger partial charge >= 0.3 is 0 Å². The van der Waals surface area contributed by atoms with Crippen LogP contribution in [0.2, 0.25) is 0 Å². The van der Waals surface area contributed by atoms with Gasteiger partial charge in [-0.2, -0.15) is 0 Å². The molecule has 2 aliphatic heterocycles. The van der Waals surface area contributed by atoms with Crippen molar-refractivity contribution in [3.8, 4) is 0 Å². The van der Waals surface area contributed by atoms with Crippen molar-refractivity contribution in [3.63, 3.8) is 0 Å². The molecule has 2 amide bonds. The largest absolute Gasteiger partial charge is 0.347 e. The Hall–Kier alpha value is -2.03. The lowest BCUT2D eigenvalue weighted by Gasteiger charge is -2.46. The highest BCUT2D eigenvalue weighted by atomic mass is 19.1. The summed E-state index contributed by atoms with van der Waals surface area (Å²) in [5, 5.41) is 11.6. The molecule has 2 saturated carbocycles. The van der Waals surface area contributed by atoms with Crippen molar-refractivity contribution in [2.24, 2.45) is 0 Å². The second-order valence-electron chi connectivity index (χ2n) is 8.61. The average molecular weight is 390 g/mol. The van der Waals surface area contributed by atoms with E-state index in [1.54, 1.807) is 4.90 Å². The first kappa shape index (κ1) is 18.0. The van der Waals surface area contributed by atoms with E-state index < -0.39 is 5.67 Å². The summed E-state index contributed by atoms with van der Waals surface area (Å²) in [5.74, 6) is 0.516. The molecule has 5 rings (SSSR count). The zero-order chi connectivity index (χ0) is 19.3. The number of nitrogens with one attached hydrogen (secondary N) is 1. The molecule has 9 heteroatoms. The second-order valence-corrected chi connectivity index (χ2v) is 8.61. The molecule has 2 aliphatic carbocycles. The Morgan fingerprint density at radius 2 is 1.79 bits per heavy atom. The number of piperazine rings is 1. The minimum atomic E-state index is -1.67. The van der Waals surface area contributed by atoms with Crippen molar-refractivity contribution in [2.45, 2.75) is 69.2 Å². The Labute approximate surface area is 163 Å². The molecule has 1 aromatic rings. The van der Waals surface area contributed by atoms with Gasteiger partial charge in [0.2, 0.25) is 5.82 Å².